The van der Waals surface area contributed by atoms with Crippen LogP contribution in [0.25, 0.3) is 5.69 Å². The molecule has 23 heavy (non-hydrogen) atoms. The van der Waals surface area contributed by atoms with Crippen LogP contribution in [0.2, 0.25) is 0 Å². The molecule has 0 unspecified atom stereocenters. The summed E-state index contributed by atoms with van der Waals surface area (Å²) in [5.74, 6) is -0.120. The Bertz CT molecular complexity index is 646. The minimum Gasteiger partial charge on any atom is -0.390 e. The number of nitrogens with one attached hydrogen (secondary N) is 1. The molecular weight excluding hydrogens is 292 g/mol. The second-order valence-electron chi connectivity index (χ2n) is 5.95. The van der Waals surface area contributed by atoms with Crippen LogP contribution in [0.5, 0.6) is 0 Å². The summed E-state index contributed by atoms with van der Waals surface area (Å²) < 4.78 is 7.19. The number of hydrogen-bond donors (Lipinski definition) is 2. The number of nitrogens with zero attached hydrogens (tertiary/aromatic N) is 1. The van der Waals surface area contributed by atoms with E-state index in [2.05, 4.69) is 5.32 Å². The molecule has 1 aromatic heterocycles. The second-order valence-corrected chi connectivity index (χ2v) is 5.95. The van der Waals surface area contributed by atoms with Crippen LogP contribution < -0.4 is 5.32 Å². The third-order valence-electron chi connectivity index (χ3n) is 4.33. The number of para-hydroxylation sites is 1. The molecule has 1 aliphatic heterocycles. The molecule has 2 aromatic rings. The van der Waals surface area contributed by atoms with Crippen LogP contribution in [0.3, 0.4) is 0 Å². The summed E-state index contributed by atoms with van der Waals surface area (Å²) >= 11 is 0. The first-order valence-electron chi connectivity index (χ1n) is 7.99. The highest BCUT2D eigenvalue weighted by Crippen LogP contribution is 2.23. The molecule has 0 radical (unpaired) electrons. The zero-order chi connectivity index (χ0) is 16.1. The van der Waals surface area contributed by atoms with Crippen molar-refractivity contribution in [1.82, 2.24) is 9.88 Å². The van der Waals surface area contributed by atoms with Gasteiger partial charge >= 0.3 is 0 Å². The van der Waals surface area contributed by atoms with Gasteiger partial charge in [-0.05, 0) is 43.5 Å². The van der Waals surface area contributed by atoms with Crippen LogP contribution in [0, 0.1) is 0 Å². The molecule has 1 saturated heterocycles. The monoisotopic (exact) mass is 314 g/mol. The van der Waals surface area contributed by atoms with E-state index in [1.165, 1.54) is 0 Å². The van der Waals surface area contributed by atoms with Gasteiger partial charge in [0.1, 0.15) is 0 Å². The van der Waals surface area contributed by atoms with Gasteiger partial charge in [-0.3, -0.25) is 4.79 Å². The molecule has 2 heterocycles. The quantitative estimate of drug-likeness (QED) is 0.889. The van der Waals surface area contributed by atoms with Gasteiger partial charge in [-0.15, -0.1) is 0 Å². The molecule has 2 N–H and O–H groups in total. The summed E-state index contributed by atoms with van der Waals surface area (Å²) in [5.41, 5.74) is 0.758. The normalized spacial score (nSPS) is 16.9. The van der Waals surface area contributed by atoms with E-state index in [1.807, 2.05) is 53.4 Å². The maximum absolute atomic E-state index is 12.5. The summed E-state index contributed by atoms with van der Waals surface area (Å²) in [7, 11) is 0. The molecule has 0 aliphatic carbocycles. The lowest BCUT2D eigenvalue weighted by Gasteiger charge is -2.32. The molecule has 1 aliphatic rings. The van der Waals surface area contributed by atoms with Crippen LogP contribution >= 0.6 is 0 Å². The predicted octanol–water partition coefficient (Wildman–Crippen LogP) is 2.14. The standard InChI is InChI=1S/C18H22N2O3/c21-17(19-10-7-18(22)8-13-23-14-9-18)15-5-1-2-6-16(15)20-11-3-4-12-20/h1-6,11-12,22H,7-10,13-14H2,(H,19,21). The van der Waals surface area contributed by atoms with Gasteiger partial charge < -0.3 is 19.7 Å². The number of rotatable bonds is 5. The van der Waals surface area contributed by atoms with Gasteiger partial charge in [-0.2, -0.15) is 0 Å². The molecule has 0 saturated carbocycles. The van der Waals surface area contributed by atoms with Crippen molar-refractivity contribution in [2.24, 2.45) is 0 Å². The summed E-state index contributed by atoms with van der Waals surface area (Å²) in [5, 5.41) is 13.3. The number of ether oxygens (including phenoxy) is 1. The van der Waals surface area contributed by atoms with Crippen molar-refractivity contribution in [3.05, 3.63) is 54.4 Å². The van der Waals surface area contributed by atoms with Crippen LogP contribution in [0.1, 0.15) is 29.6 Å². The molecule has 3 rings (SSSR count). The molecule has 1 amide bonds. The van der Waals surface area contributed by atoms with E-state index in [4.69, 9.17) is 4.74 Å². The Morgan fingerprint density at radius 1 is 1.17 bits per heavy atom. The summed E-state index contributed by atoms with van der Waals surface area (Å²) in [6.45, 7) is 1.62. The zero-order valence-corrected chi connectivity index (χ0v) is 13.1. The molecule has 5 nitrogen and oxygen atoms in total. The Balaban J connectivity index is 1.63. The topological polar surface area (TPSA) is 63.5 Å². The lowest BCUT2D eigenvalue weighted by atomic mass is 9.91. The lowest BCUT2D eigenvalue weighted by molar-refractivity contribution is -0.0670. The molecule has 0 spiro atoms. The molecule has 122 valence electrons. The first-order chi connectivity index (χ1) is 11.2. The highest BCUT2D eigenvalue weighted by molar-refractivity contribution is 5.97. The first kappa shape index (κ1) is 15.8. The van der Waals surface area contributed by atoms with E-state index in [0.717, 1.165) is 5.69 Å². The van der Waals surface area contributed by atoms with Crippen molar-refractivity contribution in [1.29, 1.82) is 0 Å². The Kier molecular flexibility index (Phi) is 4.79. The first-order valence-corrected chi connectivity index (χ1v) is 7.99. The van der Waals surface area contributed by atoms with Gasteiger partial charge in [0.2, 0.25) is 0 Å². The number of hydrogen-bond acceptors (Lipinski definition) is 3. The Morgan fingerprint density at radius 3 is 2.61 bits per heavy atom. The van der Waals surface area contributed by atoms with Crippen molar-refractivity contribution in [3.8, 4) is 5.69 Å². The molecule has 0 bridgehead atoms. The van der Waals surface area contributed by atoms with E-state index in [0.29, 0.717) is 44.6 Å². The third kappa shape index (κ3) is 3.81. The third-order valence-corrected chi connectivity index (χ3v) is 4.33. The fourth-order valence-corrected chi connectivity index (χ4v) is 2.89. The fraction of sp³-hybridized carbons (Fsp3) is 0.389. The van der Waals surface area contributed by atoms with E-state index in [-0.39, 0.29) is 5.91 Å². The van der Waals surface area contributed by atoms with E-state index >= 15 is 0 Å². The number of aromatic nitrogens is 1. The smallest absolute Gasteiger partial charge is 0.253 e. The number of carbonyl (C=O) groups excluding carboxylic acids is 1. The van der Waals surface area contributed by atoms with Crippen LogP contribution in [0.15, 0.2) is 48.8 Å². The highest BCUT2D eigenvalue weighted by atomic mass is 16.5. The number of carbonyl (C=O) groups is 1. The van der Waals surface area contributed by atoms with E-state index < -0.39 is 5.60 Å². The van der Waals surface area contributed by atoms with Gasteiger partial charge in [-0.25, -0.2) is 0 Å². The molecular formula is C18H22N2O3. The fourth-order valence-electron chi connectivity index (χ4n) is 2.89. The van der Waals surface area contributed by atoms with Crippen LogP contribution in [0.4, 0.5) is 0 Å². The van der Waals surface area contributed by atoms with Crippen molar-refractivity contribution in [2.75, 3.05) is 19.8 Å². The summed E-state index contributed by atoms with van der Waals surface area (Å²) in [6.07, 6.45) is 5.63. The number of amides is 1. The van der Waals surface area contributed by atoms with Crippen molar-refractivity contribution in [2.45, 2.75) is 24.9 Å². The average molecular weight is 314 g/mol. The van der Waals surface area contributed by atoms with Crippen LogP contribution in [-0.4, -0.2) is 40.9 Å². The Labute approximate surface area is 135 Å². The van der Waals surface area contributed by atoms with Gasteiger partial charge in [-0.1, -0.05) is 12.1 Å². The molecule has 0 atom stereocenters. The number of benzene rings is 1. The zero-order valence-electron chi connectivity index (χ0n) is 13.1. The Morgan fingerprint density at radius 2 is 1.87 bits per heavy atom. The van der Waals surface area contributed by atoms with Gasteiger partial charge in [0.15, 0.2) is 0 Å². The molecule has 5 heteroatoms. The minimum absolute atomic E-state index is 0.120. The number of aliphatic hydroxyl groups is 1. The largest absolute Gasteiger partial charge is 0.390 e. The SMILES string of the molecule is O=C(NCCC1(O)CCOCC1)c1ccccc1-n1cccc1. The van der Waals surface area contributed by atoms with Gasteiger partial charge in [0, 0.05) is 32.2 Å². The highest BCUT2D eigenvalue weighted by Gasteiger charge is 2.29. The van der Waals surface area contributed by atoms with Crippen LogP contribution in [-0.2, 0) is 4.74 Å². The average Bonchev–Trinajstić information content (AvgIpc) is 3.09. The summed E-state index contributed by atoms with van der Waals surface area (Å²) in [4.78, 5) is 12.5. The van der Waals surface area contributed by atoms with E-state index in [9.17, 15) is 9.90 Å². The predicted molar refractivity (Wildman–Crippen MR) is 87.7 cm³/mol. The maximum Gasteiger partial charge on any atom is 0.253 e. The van der Waals surface area contributed by atoms with Gasteiger partial charge in [0.25, 0.3) is 5.91 Å². The molecule has 1 fully saturated rings. The van der Waals surface area contributed by atoms with Crippen molar-refractivity contribution >= 4 is 5.91 Å². The second kappa shape index (κ2) is 6.98. The van der Waals surface area contributed by atoms with Crippen molar-refractivity contribution < 1.29 is 14.6 Å². The Hall–Kier alpha value is -2.11. The van der Waals surface area contributed by atoms with Crippen molar-refractivity contribution in [3.63, 3.8) is 0 Å². The minimum atomic E-state index is -0.717. The van der Waals surface area contributed by atoms with Gasteiger partial charge in [0.05, 0.1) is 16.9 Å². The van der Waals surface area contributed by atoms with E-state index in [1.54, 1.807) is 0 Å². The summed E-state index contributed by atoms with van der Waals surface area (Å²) in [6, 6.07) is 11.4. The maximum atomic E-state index is 12.5. The molecule has 1 aromatic carbocycles. The lowest BCUT2D eigenvalue weighted by Crippen LogP contribution is -2.39.